The standard InChI is InChI=1S/C19H18Cl5N3O3S/c1-29-12-5-3-10(15(9-12)30-2)7-16(28)26-17(19(22,23)24)27-18(31)25-11-4-6-13(20)14(21)8-11/h3-6,8-9,17H,7H2,1-2H3,(H,26,28)(H2,25,27,31). The second-order valence-corrected chi connectivity index (χ2v) is 9.72. The number of methoxy groups -OCH3 is 2. The molecule has 0 radical (unpaired) electrons. The van der Waals surface area contributed by atoms with Crippen LogP contribution < -0.4 is 25.4 Å². The number of carbonyl (C=O) groups is 1. The van der Waals surface area contributed by atoms with Gasteiger partial charge in [0.1, 0.15) is 17.7 Å². The lowest BCUT2D eigenvalue weighted by atomic mass is 10.1. The molecule has 0 aliphatic rings. The molecule has 0 saturated heterocycles. The highest BCUT2D eigenvalue weighted by Gasteiger charge is 2.34. The lowest BCUT2D eigenvalue weighted by Gasteiger charge is -2.28. The summed E-state index contributed by atoms with van der Waals surface area (Å²) in [6.45, 7) is 0. The molecule has 3 N–H and O–H groups in total. The van der Waals surface area contributed by atoms with Gasteiger partial charge in [0.25, 0.3) is 0 Å². The van der Waals surface area contributed by atoms with Crippen molar-refractivity contribution >= 4 is 86.9 Å². The van der Waals surface area contributed by atoms with E-state index >= 15 is 0 Å². The number of thiocarbonyl (C=S) groups is 1. The summed E-state index contributed by atoms with van der Waals surface area (Å²) >= 11 is 35.2. The topological polar surface area (TPSA) is 71.6 Å². The van der Waals surface area contributed by atoms with Gasteiger partial charge in [0.2, 0.25) is 9.70 Å². The molecule has 1 amide bonds. The van der Waals surface area contributed by atoms with Gasteiger partial charge < -0.3 is 25.4 Å². The van der Waals surface area contributed by atoms with Crippen LogP contribution in [0.5, 0.6) is 11.5 Å². The zero-order valence-electron chi connectivity index (χ0n) is 16.3. The van der Waals surface area contributed by atoms with E-state index in [2.05, 4.69) is 16.0 Å². The molecule has 168 valence electrons. The lowest BCUT2D eigenvalue weighted by Crippen LogP contribution is -2.56. The Morgan fingerprint density at radius 2 is 1.74 bits per heavy atom. The molecule has 0 spiro atoms. The van der Waals surface area contributed by atoms with Crippen LogP contribution in [0.2, 0.25) is 10.0 Å². The number of nitrogens with one attached hydrogen (secondary N) is 3. The van der Waals surface area contributed by atoms with Crippen molar-refractivity contribution < 1.29 is 14.3 Å². The average molecular weight is 546 g/mol. The normalized spacial score (nSPS) is 12.0. The second-order valence-electron chi connectivity index (χ2n) is 6.12. The largest absolute Gasteiger partial charge is 0.497 e. The highest BCUT2D eigenvalue weighted by atomic mass is 35.6. The van der Waals surface area contributed by atoms with Crippen molar-refractivity contribution in [2.45, 2.75) is 16.4 Å². The first-order valence-corrected chi connectivity index (χ1v) is 10.9. The number of amides is 1. The highest BCUT2D eigenvalue weighted by molar-refractivity contribution is 7.80. The predicted octanol–water partition coefficient (Wildman–Crippen LogP) is 5.35. The van der Waals surface area contributed by atoms with Gasteiger partial charge in [0.05, 0.1) is 30.7 Å². The molecule has 31 heavy (non-hydrogen) atoms. The van der Waals surface area contributed by atoms with E-state index in [1.807, 2.05) is 0 Å². The molecular weight excluding hydrogens is 528 g/mol. The van der Waals surface area contributed by atoms with Crippen molar-refractivity contribution in [3.63, 3.8) is 0 Å². The van der Waals surface area contributed by atoms with Gasteiger partial charge in [0.15, 0.2) is 5.11 Å². The fourth-order valence-electron chi connectivity index (χ4n) is 2.45. The first-order valence-electron chi connectivity index (χ1n) is 8.63. The number of ether oxygens (including phenoxy) is 2. The Kier molecular flexibility index (Phi) is 9.61. The Balaban J connectivity index is 2.06. The molecule has 6 nitrogen and oxygen atoms in total. The monoisotopic (exact) mass is 543 g/mol. The first-order chi connectivity index (χ1) is 14.5. The molecule has 0 aromatic heterocycles. The number of rotatable bonds is 7. The minimum absolute atomic E-state index is 0.0287. The number of carbonyl (C=O) groups excluding carboxylic acids is 1. The van der Waals surface area contributed by atoms with Crippen LogP contribution in [-0.2, 0) is 11.2 Å². The van der Waals surface area contributed by atoms with Crippen molar-refractivity contribution in [1.29, 1.82) is 0 Å². The van der Waals surface area contributed by atoms with Crippen LogP contribution in [0.4, 0.5) is 5.69 Å². The SMILES string of the molecule is COc1ccc(CC(=O)NC(NC(=S)Nc2ccc(Cl)c(Cl)c2)C(Cl)(Cl)Cl)c(OC)c1. The Morgan fingerprint density at radius 1 is 1.03 bits per heavy atom. The van der Waals surface area contributed by atoms with Gasteiger partial charge in [0, 0.05) is 17.3 Å². The van der Waals surface area contributed by atoms with Crippen LogP contribution in [0.15, 0.2) is 36.4 Å². The van der Waals surface area contributed by atoms with Gasteiger partial charge in [-0.15, -0.1) is 0 Å². The van der Waals surface area contributed by atoms with E-state index in [9.17, 15) is 4.79 Å². The van der Waals surface area contributed by atoms with E-state index < -0.39 is 15.9 Å². The van der Waals surface area contributed by atoms with E-state index in [4.69, 9.17) is 79.7 Å². The Labute approximate surface area is 210 Å². The molecule has 0 heterocycles. The zero-order chi connectivity index (χ0) is 23.2. The molecule has 0 aliphatic heterocycles. The number of alkyl halides is 3. The third kappa shape index (κ3) is 7.93. The minimum Gasteiger partial charge on any atom is -0.497 e. The lowest BCUT2D eigenvalue weighted by molar-refractivity contribution is -0.121. The molecule has 0 fully saturated rings. The van der Waals surface area contributed by atoms with Crippen LogP contribution in [-0.4, -0.2) is 35.2 Å². The Bertz CT molecular complexity index is 956. The average Bonchev–Trinajstić information content (AvgIpc) is 2.69. The predicted molar refractivity (Wildman–Crippen MR) is 131 cm³/mol. The molecule has 2 aromatic carbocycles. The molecule has 1 atom stereocenters. The zero-order valence-corrected chi connectivity index (χ0v) is 20.9. The van der Waals surface area contributed by atoms with Gasteiger partial charge in [-0.1, -0.05) is 64.1 Å². The van der Waals surface area contributed by atoms with E-state index in [0.717, 1.165) is 0 Å². The van der Waals surface area contributed by atoms with Gasteiger partial charge in [-0.05, 0) is 36.5 Å². The molecule has 2 aromatic rings. The summed E-state index contributed by atoms with van der Waals surface area (Å²) in [4.78, 5) is 12.6. The van der Waals surface area contributed by atoms with Crippen LogP contribution in [0.25, 0.3) is 0 Å². The smallest absolute Gasteiger partial charge is 0.228 e. The summed E-state index contributed by atoms with van der Waals surface area (Å²) in [6.07, 6.45) is -1.16. The van der Waals surface area contributed by atoms with Crippen LogP contribution in [0.3, 0.4) is 0 Å². The van der Waals surface area contributed by atoms with Crippen molar-refractivity contribution in [2.75, 3.05) is 19.5 Å². The van der Waals surface area contributed by atoms with Crippen LogP contribution in [0.1, 0.15) is 5.56 Å². The van der Waals surface area contributed by atoms with E-state index in [-0.39, 0.29) is 11.5 Å². The van der Waals surface area contributed by atoms with Crippen LogP contribution in [0, 0.1) is 0 Å². The second kappa shape index (κ2) is 11.5. The van der Waals surface area contributed by atoms with Gasteiger partial charge in [-0.25, -0.2) is 0 Å². The molecule has 1 unspecified atom stereocenters. The maximum Gasteiger partial charge on any atom is 0.228 e. The number of hydrogen-bond acceptors (Lipinski definition) is 4. The molecule has 2 rings (SSSR count). The summed E-state index contributed by atoms with van der Waals surface area (Å²) in [5, 5.41) is 9.10. The fourth-order valence-corrected chi connectivity index (χ4v) is 3.32. The van der Waals surface area contributed by atoms with E-state index in [1.54, 1.807) is 36.4 Å². The third-order valence-electron chi connectivity index (χ3n) is 3.93. The fraction of sp³-hybridized carbons (Fsp3) is 0.263. The van der Waals surface area contributed by atoms with E-state index in [0.29, 0.717) is 32.8 Å². The van der Waals surface area contributed by atoms with E-state index in [1.165, 1.54) is 14.2 Å². The number of halogens is 5. The molecular formula is C19H18Cl5N3O3S. The summed E-state index contributed by atoms with van der Waals surface area (Å²) in [7, 11) is 3.03. The number of benzene rings is 2. The Morgan fingerprint density at radius 3 is 2.32 bits per heavy atom. The molecule has 12 heteroatoms. The third-order valence-corrected chi connectivity index (χ3v) is 5.54. The van der Waals surface area contributed by atoms with Gasteiger partial charge >= 0.3 is 0 Å². The molecule has 0 aliphatic carbocycles. The number of anilines is 1. The summed E-state index contributed by atoms with van der Waals surface area (Å²) in [5.74, 6) is 0.662. The summed E-state index contributed by atoms with van der Waals surface area (Å²) in [6, 6.07) is 9.95. The molecule has 0 bridgehead atoms. The van der Waals surface area contributed by atoms with Crippen molar-refractivity contribution in [3.8, 4) is 11.5 Å². The Hall–Kier alpha value is -1.35. The van der Waals surface area contributed by atoms with Crippen LogP contribution >= 0.6 is 70.2 Å². The quantitative estimate of drug-likeness (QED) is 0.248. The van der Waals surface area contributed by atoms with Gasteiger partial charge in [-0.3, -0.25) is 4.79 Å². The maximum atomic E-state index is 12.6. The summed E-state index contributed by atoms with van der Waals surface area (Å²) in [5.41, 5.74) is 1.18. The van der Waals surface area contributed by atoms with Crippen molar-refractivity contribution in [2.24, 2.45) is 0 Å². The minimum atomic E-state index is -1.90. The highest BCUT2D eigenvalue weighted by Crippen LogP contribution is 2.30. The maximum absolute atomic E-state index is 12.6. The number of hydrogen-bond donors (Lipinski definition) is 3. The van der Waals surface area contributed by atoms with Gasteiger partial charge in [-0.2, -0.15) is 0 Å². The molecule has 0 saturated carbocycles. The summed E-state index contributed by atoms with van der Waals surface area (Å²) < 4.78 is 8.56. The van der Waals surface area contributed by atoms with Crippen molar-refractivity contribution in [3.05, 3.63) is 52.0 Å². The van der Waals surface area contributed by atoms with Crippen molar-refractivity contribution in [1.82, 2.24) is 10.6 Å². The first kappa shape index (κ1) is 25.9.